The predicted octanol–water partition coefficient (Wildman–Crippen LogP) is 2.48. The maximum Gasteiger partial charge on any atom is 0.0440 e. The number of hydrogen-bond donors (Lipinski definition) is 0. The molecule has 0 radical (unpaired) electrons. The van der Waals surface area contributed by atoms with Gasteiger partial charge in [-0.2, -0.15) is 0 Å². The molecular formula is C10H11N. The summed E-state index contributed by atoms with van der Waals surface area (Å²) in [6.07, 6.45) is 14.8. The summed E-state index contributed by atoms with van der Waals surface area (Å²) < 4.78 is 0. The van der Waals surface area contributed by atoms with Gasteiger partial charge in [0.1, 0.15) is 0 Å². The average Bonchev–Trinajstić information content (AvgIpc) is 2.28. The number of hydrogen-bond acceptors (Lipinski definition) is 1. The molecule has 0 saturated heterocycles. The summed E-state index contributed by atoms with van der Waals surface area (Å²) in [5.41, 5.74) is 1.23. The van der Waals surface area contributed by atoms with Crippen LogP contribution in [-0.4, -0.2) is 6.21 Å². The molecular weight excluding hydrogens is 134 g/mol. The lowest BCUT2D eigenvalue weighted by atomic mass is 9.94. The normalized spacial score (nSPS) is 27.6. The molecule has 1 unspecified atom stereocenters. The summed E-state index contributed by atoms with van der Waals surface area (Å²) in [4.78, 5) is 4.34. The van der Waals surface area contributed by atoms with Crippen molar-refractivity contribution in [3.05, 3.63) is 36.1 Å². The molecule has 0 spiro atoms. The second kappa shape index (κ2) is 2.87. The van der Waals surface area contributed by atoms with Crippen molar-refractivity contribution in [3.63, 3.8) is 0 Å². The highest BCUT2D eigenvalue weighted by Crippen LogP contribution is 2.25. The quantitative estimate of drug-likeness (QED) is 0.496. The van der Waals surface area contributed by atoms with Crippen molar-refractivity contribution in [3.8, 4) is 0 Å². The van der Waals surface area contributed by atoms with Crippen LogP contribution in [0.4, 0.5) is 0 Å². The highest BCUT2D eigenvalue weighted by atomic mass is 14.7. The molecule has 1 nitrogen and oxygen atoms in total. The van der Waals surface area contributed by atoms with Crippen molar-refractivity contribution in [2.75, 3.05) is 0 Å². The Hall–Kier alpha value is -1.11. The fourth-order valence-electron chi connectivity index (χ4n) is 1.46. The fourth-order valence-corrected chi connectivity index (χ4v) is 1.46. The molecule has 0 aromatic carbocycles. The molecule has 0 amide bonds. The topological polar surface area (TPSA) is 12.4 Å². The Kier molecular flexibility index (Phi) is 1.72. The van der Waals surface area contributed by atoms with Crippen LogP contribution in [0, 0.1) is 5.92 Å². The molecule has 1 atom stereocenters. The Labute approximate surface area is 66.8 Å². The van der Waals surface area contributed by atoms with Crippen LogP contribution in [0.15, 0.2) is 41.1 Å². The summed E-state index contributed by atoms with van der Waals surface area (Å²) in [5, 5.41) is 0. The molecule has 0 aromatic rings. The van der Waals surface area contributed by atoms with Crippen molar-refractivity contribution < 1.29 is 0 Å². The zero-order valence-corrected chi connectivity index (χ0v) is 6.40. The van der Waals surface area contributed by atoms with Gasteiger partial charge in [-0.3, -0.25) is 4.99 Å². The third kappa shape index (κ3) is 1.32. The van der Waals surface area contributed by atoms with E-state index in [9.17, 15) is 0 Å². The van der Waals surface area contributed by atoms with Gasteiger partial charge in [0.2, 0.25) is 0 Å². The molecule has 2 aliphatic rings. The average molecular weight is 145 g/mol. The Bertz CT molecular complexity index is 254. The minimum absolute atomic E-state index is 0.634. The standard InChI is InChI=1S/C10H11N/c1-2-7-10-9(5-1)6-3-4-8-11-10/h1-4,7-9H,5-6H2. The molecule has 2 rings (SSSR count). The van der Waals surface area contributed by atoms with E-state index < -0.39 is 0 Å². The molecule has 1 aliphatic carbocycles. The first-order chi connectivity index (χ1) is 5.47. The summed E-state index contributed by atoms with van der Waals surface area (Å²) in [5.74, 6) is 0.634. The highest BCUT2D eigenvalue weighted by Gasteiger charge is 2.13. The molecule has 1 aliphatic heterocycles. The van der Waals surface area contributed by atoms with Gasteiger partial charge in [0.25, 0.3) is 0 Å². The number of aliphatic imine (C=N–C) groups is 1. The van der Waals surface area contributed by atoms with Crippen LogP contribution in [0.1, 0.15) is 12.8 Å². The maximum atomic E-state index is 4.34. The predicted molar refractivity (Wildman–Crippen MR) is 47.6 cm³/mol. The second-order valence-electron chi connectivity index (χ2n) is 2.89. The number of rotatable bonds is 0. The van der Waals surface area contributed by atoms with Crippen LogP contribution in [0.5, 0.6) is 0 Å². The van der Waals surface area contributed by atoms with E-state index in [1.807, 2.05) is 12.3 Å². The number of fused-ring (bicyclic) bond motifs is 1. The first-order valence-electron chi connectivity index (χ1n) is 4.03. The number of allylic oxidation sites excluding steroid dienone is 6. The SMILES string of the molecule is C1=CCC2CC=CC=C2N=C1. The minimum atomic E-state index is 0.634. The third-order valence-corrected chi connectivity index (χ3v) is 2.11. The Morgan fingerprint density at radius 1 is 1.18 bits per heavy atom. The van der Waals surface area contributed by atoms with E-state index in [4.69, 9.17) is 0 Å². The van der Waals surface area contributed by atoms with Gasteiger partial charge in [0, 0.05) is 17.8 Å². The zero-order chi connectivity index (χ0) is 7.52. The van der Waals surface area contributed by atoms with Gasteiger partial charge in [0.15, 0.2) is 0 Å². The van der Waals surface area contributed by atoms with E-state index in [1.165, 1.54) is 5.70 Å². The summed E-state index contributed by atoms with van der Waals surface area (Å²) in [7, 11) is 0. The largest absolute Gasteiger partial charge is 0.261 e. The van der Waals surface area contributed by atoms with Crippen molar-refractivity contribution in [1.82, 2.24) is 0 Å². The van der Waals surface area contributed by atoms with Gasteiger partial charge in [0.05, 0.1) is 0 Å². The number of nitrogens with zero attached hydrogens (tertiary/aromatic N) is 1. The van der Waals surface area contributed by atoms with Crippen LogP contribution in [0.2, 0.25) is 0 Å². The smallest absolute Gasteiger partial charge is 0.0440 e. The second-order valence-corrected chi connectivity index (χ2v) is 2.89. The lowest BCUT2D eigenvalue weighted by molar-refractivity contribution is 0.623. The summed E-state index contributed by atoms with van der Waals surface area (Å²) in [6, 6.07) is 0. The first kappa shape index (κ1) is 6.59. The lowest BCUT2D eigenvalue weighted by Crippen LogP contribution is -2.01. The molecule has 0 fully saturated rings. The van der Waals surface area contributed by atoms with Crippen LogP contribution in [0.3, 0.4) is 0 Å². The maximum absolute atomic E-state index is 4.34. The van der Waals surface area contributed by atoms with Gasteiger partial charge in [-0.1, -0.05) is 18.2 Å². The van der Waals surface area contributed by atoms with Gasteiger partial charge in [-0.25, -0.2) is 0 Å². The van der Waals surface area contributed by atoms with E-state index in [1.54, 1.807) is 0 Å². The Morgan fingerprint density at radius 3 is 2.91 bits per heavy atom. The van der Waals surface area contributed by atoms with Gasteiger partial charge < -0.3 is 0 Å². The van der Waals surface area contributed by atoms with Gasteiger partial charge >= 0.3 is 0 Å². The minimum Gasteiger partial charge on any atom is -0.261 e. The molecule has 1 heteroatoms. The van der Waals surface area contributed by atoms with Crippen molar-refractivity contribution >= 4 is 6.21 Å². The third-order valence-electron chi connectivity index (χ3n) is 2.11. The molecule has 0 N–H and O–H groups in total. The van der Waals surface area contributed by atoms with Gasteiger partial charge in [-0.05, 0) is 25.0 Å². The van der Waals surface area contributed by atoms with E-state index in [0.717, 1.165) is 12.8 Å². The van der Waals surface area contributed by atoms with Crippen molar-refractivity contribution in [1.29, 1.82) is 0 Å². The molecule has 56 valence electrons. The zero-order valence-electron chi connectivity index (χ0n) is 6.40. The molecule has 0 aromatic heterocycles. The molecule has 0 saturated carbocycles. The fraction of sp³-hybridized carbons (Fsp3) is 0.300. The molecule has 11 heavy (non-hydrogen) atoms. The molecule has 0 bridgehead atoms. The van der Waals surface area contributed by atoms with E-state index in [-0.39, 0.29) is 0 Å². The monoisotopic (exact) mass is 145 g/mol. The van der Waals surface area contributed by atoms with Crippen molar-refractivity contribution in [2.24, 2.45) is 10.9 Å². The van der Waals surface area contributed by atoms with Crippen molar-refractivity contribution in [2.45, 2.75) is 12.8 Å². The van der Waals surface area contributed by atoms with E-state index >= 15 is 0 Å². The Balaban J connectivity index is 2.27. The summed E-state index contributed by atoms with van der Waals surface area (Å²) in [6.45, 7) is 0. The highest BCUT2D eigenvalue weighted by molar-refractivity contribution is 5.72. The summed E-state index contributed by atoms with van der Waals surface area (Å²) >= 11 is 0. The van der Waals surface area contributed by atoms with Crippen LogP contribution in [-0.2, 0) is 0 Å². The first-order valence-corrected chi connectivity index (χ1v) is 4.03. The Morgan fingerprint density at radius 2 is 2.00 bits per heavy atom. The molecule has 1 heterocycles. The van der Waals surface area contributed by atoms with Crippen LogP contribution < -0.4 is 0 Å². The lowest BCUT2D eigenvalue weighted by Gasteiger charge is -2.14. The van der Waals surface area contributed by atoms with Gasteiger partial charge in [-0.15, -0.1) is 0 Å². The van der Waals surface area contributed by atoms with Crippen LogP contribution >= 0.6 is 0 Å². The van der Waals surface area contributed by atoms with Crippen LogP contribution in [0.25, 0.3) is 0 Å². The van der Waals surface area contributed by atoms with E-state index in [0.29, 0.717) is 5.92 Å². The van der Waals surface area contributed by atoms with E-state index in [2.05, 4.69) is 29.3 Å².